The Morgan fingerprint density at radius 1 is 1.16 bits per heavy atom. The molecule has 0 aliphatic heterocycles. The van der Waals surface area contributed by atoms with E-state index in [0.717, 1.165) is 0 Å². The van der Waals surface area contributed by atoms with Gasteiger partial charge in [-0.15, -0.1) is 0 Å². The minimum atomic E-state index is -2.93. The van der Waals surface area contributed by atoms with Crippen molar-refractivity contribution in [2.24, 2.45) is 0 Å². The average molecular weight is 481 g/mol. The molecule has 32 heavy (non-hydrogen) atoms. The molecule has 2 aromatic carbocycles. The third-order valence-electron chi connectivity index (χ3n) is 4.26. The summed E-state index contributed by atoms with van der Waals surface area (Å²) in [6.07, 6.45) is 3.40. The molecule has 0 atom stereocenters. The molecule has 1 heterocycles. The Balaban J connectivity index is 1.84. The number of anilines is 2. The van der Waals surface area contributed by atoms with E-state index in [-0.39, 0.29) is 17.4 Å². The Labute approximate surface area is 192 Å². The first kappa shape index (κ1) is 23.6. The van der Waals surface area contributed by atoms with Crippen LogP contribution in [-0.4, -0.2) is 36.0 Å². The van der Waals surface area contributed by atoms with Crippen molar-refractivity contribution in [1.29, 1.82) is 0 Å². The number of methoxy groups -OCH3 is 1. The van der Waals surface area contributed by atoms with Gasteiger partial charge in [-0.2, -0.15) is 8.78 Å². The summed E-state index contributed by atoms with van der Waals surface area (Å²) in [4.78, 5) is 23.0. The Kier molecular flexibility index (Phi) is 8.07. The fraction of sp³-hybridized carbons (Fsp3) is 0.190. The molecule has 0 unspecified atom stereocenters. The lowest BCUT2D eigenvalue weighted by Gasteiger charge is -2.24. The number of ether oxygens (including phenoxy) is 2. The lowest BCUT2D eigenvalue weighted by Crippen LogP contribution is -2.34. The number of hydrogen-bond donors (Lipinski definition) is 1. The molecule has 0 spiro atoms. The number of nitrogens with one attached hydrogen (secondary N) is 1. The Morgan fingerprint density at radius 2 is 1.81 bits per heavy atom. The molecule has 0 saturated carbocycles. The van der Waals surface area contributed by atoms with Gasteiger partial charge in [-0.1, -0.05) is 23.4 Å². The zero-order valence-electron chi connectivity index (χ0n) is 17.1. The number of nitrogens with zero attached hydrogens (tertiary/aromatic N) is 3. The standard InChI is InChI=1S/C21H19ClF2N4O3S/c1-30-16-9-5-15(6-10-16)28(12-13-11-25-20(32-2)27-18(13)22)21(29)26-14-3-7-17(8-4-14)31-19(23)24/h3-11,19H,12H2,1-2H3,(H,26,29). The first-order valence-corrected chi connectivity index (χ1v) is 10.8. The summed E-state index contributed by atoms with van der Waals surface area (Å²) in [5.41, 5.74) is 1.53. The molecule has 2 amide bonds. The van der Waals surface area contributed by atoms with Crippen molar-refractivity contribution in [3.05, 3.63) is 65.4 Å². The SMILES string of the molecule is COc1ccc(N(Cc2cnc(SC)nc2Cl)C(=O)Nc2ccc(OC(F)F)cc2)cc1. The van der Waals surface area contributed by atoms with Crippen LogP contribution in [0, 0.1) is 0 Å². The van der Waals surface area contributed by atoms with Crippen LogP contribution in [-0.2, 0) is 6.54 Å². The molecule has 0 aliphatic rings. The van der Waals surface area contributed by atoms with Crippen LogP contribution in [0.1, 0.15) is 5.56 Å². The van der Waals surface area contributed by atoms with Crippen molar-refractivity contribution in [1.82, 2.24) is 9.97 Å². The Hall–Kier alpha value is -3.11. The lowest BCUT2D eigenvalue weighted by molar-refractivity contribution is -0.0498. The molecule has 168 valence electrons. The van der Waals surface area contributed by atoms with E-state index in [1.807, 2.05) is 6.26 Å². The summed E-state index contributed by atoms with van der Waals surface area (Å²) < 4.78 is 34.2. The number of rotatable bonds is 8. The van der Waals surface area contributed by atoms with Crippen molar-refractivity contribution in [2.45, 2.75) is 18.3 Å². The van der Waals surface area contributed by atoms with Gasteiger partial charge in [-0.25, -0.2) is 14.8 Å². The zero-order valence-corrected chi connectivity index (χ0v) is 18.7. The van der Waals surface area contributed by atoms with E-state index in [1.165, 1.54) is 40.9 Å². The molecule has 0 fully saturated rings. The van der Waals surface area contributed by atoms with Gasteiger partial charge in [0.1, 0.15) is 16.7 Å². The maximum atomic E-state index is 13.1. The average Bonchev–Trinajstić information content (AvgIpc) is 2.79. The highest BCUT2D eigenvalue weighted by Crippen LogP contribution is 2.25. The number of alkyl halides is 2. The molecule has 0 radical (unpaired) electrons. The smallest absolute Gasteiger partial charge is 0.387 e. The monoisotopic (exact) mass is 480 g/mol. The lowest BCUT2D eigenvalue weighted by atomic mass is 10.2. The van der Waals surface area contributed by atoms with E-state index in [0.29, 0.717) is 27.8 Å². The third-order valence-corrected chi connectivity index (χ3v) is 5.15. The van der Waals surface area contributed by atoms with Crippen LogP contribution in [0.4, 0.5) is 25.0 Å². The fourth-order valence-electron chi connectivity index (χ4n) is 2.70. The molecular formula is C21H19ClF2N4O3S. The maximum Gasteiger partial charge on any atom is 0.387 e. The van der Waals surface area contributed by atoms with Crippen LogP contribution < -0.4 is 19.7 Å². The van der Waals surface area contributed by atoms with E-state index in [9.17, 15) is 13.6 Å². The second-order valence-corrected chi connectivity index (χ2v) is 7.42. The summed E-state index contributed by atoms with van der Waals surface area (Å²) >= 11 is 7.65. The maximum absolute atomic E-state index is 13.1. The van der Waals surface area contributed by atoms with Gasteiger partial charge in [0.15, 0.2) is 5.16 Å². The van der Waals surface area contributed by atoms with E-state index in [2.05, 4.69) is 20.0 Å². The van der Waals surface area contributed by atoms with Crippen LogP contribution in [0.15, 0.2) is 59.9 Å². The summed E-state index contributed by atoms with van der Waals surface area (Å²) in [7, 11) is 1.55. The molecule has 1 N–H and O–H groups in total. The highest BCUT2D eigenvalue weighted by Gasteiger charge is 2.19. The molecule has 3 rings (SSSR count). The number of urea groups is 1. The number of aromatic nitrogens is 2. The van der Waals surface area contributed by atoms with Gasteiger partial charge in [0.2, 0.25) is 0 Å². The van der Waals surface area contributed by atoms with Gasteiger partial charge in [-0.05, 0) is 54.8 Å². The highest BCUT2D eigenvalue weighted by atomic mass is 35.5. The summed E-state index contributed by atoms with van der Waals surface area (Å²) in [5.74, 6) is 0.622. The normalized spacial score (nSPS) is 10.7. The van der Waals surface area contributed by atoms with Gasteiger partial charge in [-0.3, -0.25) is 4.90 Å². The first-order valence-electron chi connectivity index (χ1n) is 9.22. The quantitative estimate of drug-likeness (QED) is 0.253. The second-order valence-electron chi connectivity index (χ2n) is 6.29. The number of carbonyl (C=O) groups excluding carboxylic acids is 1. The molecular weight excluding hydrogens is 462 g/mol. The largest absolute Gasteiger partial charge is 0.497 e. The molecule has 11 heteroatoms. The first-order chi connectivity index (χ1) is 15.4. The van der Waals surface area contributed by atoms with Gasteiger partial charge in [0.05, 0.1) is 13.7 Å². The van der Waals surface area contributed by atoms with Crippen molar-refractivity contribution in [2.75, 3.05) is 23.6 Å². The molecule has 0 bridgehead atoms. The molecule has 0 aliphatic carbocycles. The van der Waals surface area contributed by atoms with Crippen LogP contribution in [0.5, 0.6) is 11.5 Å². The highest BCUT2D eigenvalue weighted by molar-refractivity contribution is 7.98. The van der Waals surface area contributed by atoms with Crippen LogP contribution >= 0.6 is 23.4 Å². The van der Waals surface area contributed by atoms with Crippen LogP contribution in [0.2, 0.25) is 5.15 Å². The third kappa shape index (κ3) is 6.21. The van der Waals surface area contributed by atoms with Gasteiger partial charge in [0, 0.05) is 23.1 Å². The van der Waals surface area contributed by atoms with E-state index >= 15 is 0 Å². The van der Waals surface area contributed by atoms with Crippen molar-refractivity contribution >= 4 is 40.8 Å². The summed E-state index contributed by atoms with van der Waals surface area (Å²) in [6.45, 7) is -2.83. The van der Waals surface area contributed by atoms with Crippen LogP contribution in [0.25, 0.3) is 0 Å². The van der Waals surface area contributed by atoms with Gasteiger partial charge < -0.3 is 14.8 Å². The molecule has 1 aromatic heterocycles. The summed E-state index contributed by atoms with van der Waals surface area (Å²) in [6, 6.07) is 12.0. The minimum absolute atomic E-state index is 0.0113. The molecule has 7 nitrogen and oxygen atoms in total. The predicted molar refractivity (Wildman–Crippen MR) is 120 cm³/mol. The Morgan fingerprint density at radius 3 is 2.38 bits per heavy atom. The second kappa shape index (κ2) is 11.0. The van der Waals surface area contributed by atoms with Crippen molar-refractivity contribution < 1.29 is 23.0 Å². The number of benzene rings is 2. The number of amides is 2. The predicted octanol–water partition coefficient (Wildman–Crippen LogP) is 5.70. The van der Waals surface area contributed by atoms with E-state index in [1.54, 1.807) is 37.6 Å². The number of hydrogen-bond acceptors (Lipinski definition) is 6. The van der Waals surface area contributed by atoms with Crippen LogP contribution in [0.3, 0.4) is 0 Å². The fourth-order valence-corrected chi connectivity index (χ4v) is 3.28. The van der Waals surface area contributed by atoms with E-state index in [4.69, 9.17) is 16.3 Å². The van der Waals surface area contributed by atoms with Gasteiger partial charge in [0.25, 0.3) is 0 Å². The van der Waals surface area contributed by atoms with Gasteiger partial charge >= 0.3 is 12.6 Å². The number of carbonyl (C=O) groups is 1. The zero-order chi connectivity index (χ0) is 23.1. The Bertz CT molecular complexity index is 1060. The molecule has 3 aromatic rings. The topological polar surface area (TPSA) is 76.6 Å². The number of halogens is 3. The van der Waals surface area contributed by atoms with Crippen molar-refractivity contribution in [3.63, 3.8) is 0 Å². The number of thioether (sulfide) groups is 1. The molecule has 0 saturated heterocycles. The van der Waals surface area contributed by atoms with E-state index < -0.39 is 12.6 Å². The summed E-state index contributed by atoms with van der Waals surface area (Å²) in [5, 5.41) is 3.50. The minimum Gasteiger partial charge on any atom is -0.497 e. The van der Waals surface area contributed by atoms with Crippen molar-refractivity contribution in [3.8, 4) is 11.5 Å².